The predicted molar refractivity (Wildman–Crippen MR) is 116 cm³/mol. The Morgan fingerprint density at radius 1 is 1.13 bits per heavy atom. The van der Waals surface area contributed by atoms with Gasteiger partial charge in [-0.15, -0.1) is 0 Å². The van der Waals surface area contributed by atoms with Gasteiger partial charge < -0.3 is 14.6 Å². The van der Waals surface area contributed by atoms with Gasteiger partial charge in [0.25, 0.3) is 0 Å². The van der Waals surface area contributed by atoms with Crippen LogP contribution in [-0.2, 0) is 11.3 Å². The van der Waals surface area contributed by atoms with Crippen LogP contribution in [-0.4, -0.2) is 37.6 Å². The summed E-state index contributed by atoms with van der Waals surface area (Å²) in [5.74, 6) is 0.233. The molecular weight excluding hydrogens is 398 g/mol. The van der Waals surface area contributed by atoms with E-state index < -0.39 is 11.6 Å². The molecule has 0 atom stereocenters. The highest BCUT2D eigenvalue weighted by molar-refractivity contribution is 5.77. The average Bonchev–Trinajstić information content (AvgIpc) is 3.06. The van der Waals surface area contributed by atoms with Gasteiger partial charge in [0.1, 0.15) is 17.8 Å². The second kappa shape index (κ2) is 8.67. The van der Waals surface area contributed by atoms with Crippen LogP contribution in [0.5, 0.6) is 11.5 Å². The van der Waals surface area contributed by atoms with Crippen molar-refractivity contribution in [2.24, 2.45) is 0 Å². The molecule has 0 spiro atoms. The van der Waals surface area contributed by atoms with E-state index in [9.17, 15) is 14.7 Å². The molecule has 0 unspecified atom stereocenters. The monoisotopic (exact) mass is 425 g/mol. The van der Waals surface area contributed by atoms with Gasteiger partial charge in [-0.3, -0.25) is 0 Å². The van der Waals surface area contributed by atoms with Crippen molar-refractivity contribution < 1.29 is 19.4 Å². The van der Waals surface area contributed by atoms with Crippen molar-refractivity contribution in [1.29, 1.82) is 0 Å². The lowest BCUT2D eigenvalue weighted by Crippen LogP contribution is -2.38. The van der Waals surface area contributed by atoms with Gasteiger partial charge in [-0.05, 0) is 75.6 Å². The fraction of sp³-hybridized carbons (Fsp3) is 0.348. The minimum Gasteiger partial charge on any atom is -0.494 e. The molecule has 3 rings (SSSR count). The first-order chi connectivity index (χ1) is 14.6. The van der Waals surface area contributed by atoms with Gasteiger partial charge in [0.05, 0.1) is 18.8 Å². The summed E-state index contributed by atoms with van der Waals surface area (Å²) in [6, 6.07) is 11.0. The Morgan fingerprint density at radius 3 is 2.29 bits per heavy atom. The van der Waals surface area contributed by atoms with Crippen molar-refractivity contribution in [1.82, 2.24) is 14.3 Å². The Kier molecular flexibility index (Phi) is 6.19. The zero-order chi connectivity index (χ0) is 22.8. The highest BCUT2D eigenvalue weighted by atomic mass is 16.5. The molecule has 0 saturated heterocycles. The molecule has 0 aliphatic rings. The van der Waals surface area contributed by atoms with Crippen LogP contribution >= 0.6 is 0 Å². The van der Waals surface area contributed by atoms with Gasteiger partial charge in [-0.2, -0.15) is 5.10 Å². The third-order valence-electron chi connectivity index (χ3n) is 4.88. The van der Waals surface area contributed by atoms with Gasteiger partial charge in [0, 0.05) is 0 Å². The first-order valence-corrected chi connectivity index (χ1v) is 10.0. The normalized spacial score (nSPS) is 11.4. The van der Waals surface area contributed by atoms with E-state index in [1.165, 1.54) is 29.4 Å². The van der Waals surface area contributed by atoms with E-state index in [0.717, 1.165) is 22.4 Å². The standard InChI is InChI=1S/C23H27N3O5/c1-6-30-19-9-7-18(8-10-19)25-14-24-26(22(25)29)13-17-11-15(2)20(16(3)12-17)31-23(4,5)21(27)28/h7-12,14H,6,13H2,1-5H3,(H,27,28). The van der Waals surface area contributed by atoms with Crippen molar-refractivity contribution in [3.8, 4) is 17.2 Å². The van der Waals surface area contributed by atoms with Crippen LogP contribution in [0.3, 0.4) is 0 Å². The second-order valence-electron chi connectivity index (χ2n) is 7.84. The highest BCUT2D eigenvalue weighted by Crippen LogP contribution is 2.29. The van der Waals surface area contributed by atoms with Crippen molar-refractivity contribution in [3.05, 3.63) is 69.9 Å². The quantitative estimate of drug-likeness (QED) is 0.595. The Labute approximate surface area is 180 Å². The second-order valence-corrected chi connectivity index (χ2v) is 7.84. The molecule has 0 saturated carbocycles. The first kappa shape index (κ1) is 22.1. The van der Waals surface area contributed by atoms with Crippen LogP contribution in [0.1, 0.15) is 37.5 Å². The third kappa shape index (κ3) is 4.79. The molecule has 2 aromatic carbocycles. The summed E-state index contributed by atoms with van der Waals surface area (Å²) in [6.45, 7) is 9.50. The van der Waals surface area contributed by atoms with Crippen molar-refractivity contribution in [2.45, 2.75) is 46.8 Å². The minimum atomic E-state index is -1.34. The Morgan fingerprint density at radius 2 is 1.74 bits per heavy atom. The zero-order valence-electron chi connectivity index (χ0n) is 18.4. The molecule has 1 aromatic heterocycles. The summed E-state index contributed by atoms with van der Waals surface area (Å²) in [5.41, 5.74) is 1.56. The average molecular weight is 425 g/mol. The molecule has 0 fully saturated rings. The fourth-order valence-corrected chi connectivity index (χ4v) is 3.26. The third-order valence-corrected chi connectivity index (χ3v) is 4.88. The van der Waals surface area contributed by atoms with Crippen molar-refractivity contribution in [2.75, 3.05) is 6.61 Å². The van der Waals surface area contributed by atoms with Crippen LogP contribution in [0.4, 0.5) is 0 Å². The van der Waals surface area contributed by atoms with Crippen LogP contribution in [0.2, 0.25) is 0 Å². The molecule has 3 aromatic rings. The number of ether oxygens (including phenoxy) is 2. The number of benzene rings is 2. The molecule has 164 valence electrons. The number of carbonyl (C=O) groups is 1. The number of rotatable bonds is 8. The molecule has 31 heavy (non-hydrogen) atoms. The van der Waals surface area contributed by atoms with Gasteiger partial charge >= 0.3 is 11.7 Å². The lowest BCUT2D eigenvalue weighted by Gasteiger charge is -2.24. The number of aromatic nitrogens is 3. The topological polar surface area (TPSA) is 95.6 Å². The lowest BCUT2D eigenvalue weighted by atomic mass is 10.0. The number of nitrogens with zero attached hydrogens (tertiary/aromatic N) is 3. The summed E-state index contributed by atoms with van der Waals surface area (Å²) in [4.78, 5) is 24.2. The highest BCUT2D eigenvalue weighted by Gasteiger charge is 2.30. The van der Waals surface area contributed by atoms with Crippen molar-refractivity contribution in [3.63, 3.8) is 0 Å². The van der Waals surface area contributed by atoms with Crippen LogP contribution < -0.4 is 15.2 Å². The summed E-state index contributed by atoms with van der Waals surface area (Å²) in [7, 11) is 0. The van der Waals surface area contributed by atoms with E-state index in [4.69, 9.17) is 9.47 Å². The number of hydrogen-bond acceptors (Lipinski definition) is 5. The van der Waals surface area contributed by atoms with Crippen molar-refractivity contribution >= 4 is 5.97 Å². The number of carboxylic acid groups (broad SMARTS) is 1. The predicted octanol–water partition coefficient (Wildman–Crippen LogP) is 3.34. The molecule has 8 nitrogen and oxygen atoms in total. The molecule has 0 bridgehead atoms. The number of hydrogen-bond donors (Lipinski definition) is 1. The maximum Gasteiger partial charge on any atom is 0.350 e. The van der Waals surface area contributed by atoms with Gasteiger partial charge in [0.2, 0.25) is 0 Å². The van der Waals surface area contributed by atoms with E-state index in [1.54, 1.807) is 0 Å². The van der Waals surface area contributed by atoms with E-state index in [1.807, 2.05) is 57.2 Å². The largest absolute Gasteiger partial charge is 0.494 e. The maximum atomic E-state index is 12.8. The zero-order valence-corrected chi connectivity index (χ0v) is 18.4. The molecule has 1 N–H and O–H groups in total. The van der Waals surface area contributed by atoms with Gasteiger partial charge in [0.15, 0.2) is 5.60 Å². The smallest absolute Gasteiger partial charge is 0.350 e. The summed E-state index contributed by atoms with van der Waals surface area (Å²) in [6.07, 6.45) is 1.49. The van der Waals surface area contributed by atoms with E-state index >= 15 is 0 Å². The fourth-order valence-electron chi connectivity index (χ4n) is 3.26. The van der Waals surface area contributed by atoms with Crippen LogP contribution in [0, 0.1) is 13.8 Å². The molecule has 8 heteroatoms. The molecule has 0 amide bonds. The molecule has 0 radical (unpaired) electrons. The number of aryl methyl sites for hydroxylation is 2. The molecule has 1 heterocycles. The summed E-state index contributed by atoms with van der Waals surface area (Å²) < 4.78 is 14.0. The Balaban J connectivity index is 1.84. The lowest BCUT2D eigenvalue weighted by molar-refractivity contribution is -0.152. The SMILES string of the molecule is CCOc1ccc(-n2cnn(Cc3cc(C)c(OC(C)(C)C(=O)O)c(C)c3)c2=O)cc1. The van der Waals surface area contributed by atoms with E-state index in [2.05, 4.69) is 5.10 Å². The van der Waals surface area contributed by atoms with Gasteiger partial charge in [-0.25, -0.2) is 18.8 Å². The first-order valence-electron chi connectivity index (χ1n) is 10.0. The molecular formula is C23H27N3O5. The summed E-state index contributed by atoms with van der Waals surface area (Å²) >= 11 is 0. The summed E-state index contributed by atoms with van der Waals surface area (Å²) in [5, 5.41) is 13.6. The molecule has 0 aliphatic carbocycles. The van der Waals surface area contributed by atoms with E-state index in [0.29, 0.717) is 18.0 Å². The molecule has 0 aliphatic heterocycles. The van der Waals surface area contributed by atoms with E-state index in [-0.39, 0.29) is 12.2 Å². The van der Waals surface area contributed by atoms with Crippen LogP contribution in [0.15, 0.2) is 47.5 Å². The number of carboxylic acids is 1. The number of aliphatic carboxylic acids is 1. The Bertz CT molecular complexity index is 1120. The maximum absolute atomic E-state index is 12.8. The Hall–Kier alpha value is -3.55. The minimum absolute atomic E-state index is 0.258. The van der Waals surface area contributed by atoms with Gasteiger partial charge in [-0.1, -0.05) is 12.1 Å². The van der Waals surface area contributed by atoms with Crippen LogP contribution in [0.25, 0.3) is 5.69 Å².